The van der Waals surface area contributed by atoms with Crippen molar-refractivity contribution < 1.29 is 18.5 Å². The van der Waals surface area contributed by atoms with Gasteiger partial charge < -0.3 is 18.6 Å². The summed E-state index contributed by atoms with van der Waals surface area (Å²) in [7, 11) is 0. The van der Waals surface area contributed by atoms with Crippen LogP contribution in [0.4, 0.5) is 0 Å². The average Bonchev–Trinajstić information content (AvgIpc) is 3.27. The zero-order chi connectivity index (χ0) is 16.7. The number of aryl methyl sites for hydroxylation is 2. The Balaban J connectivity index is 1.46. The first-order valence-electron chi connectivity index (χ1n) is 8.33. The van der Waals surface area contributed by atoms with Crippen molar-refractivity contribution >= 4 is 5.91 Å². The van der Waals surface area contributed by atoms with Crippen molar-refractivity contribution in [2.75, 3.05) is 26.3 Å². The highest BCUT2D eigenvalue weighted by Gasteiger charge is 2.43. The summed E-state index contributed by atoms with van der Waals surface area (Å²) in [6.07, 6.45) is 0.698. The van der Waals surface area contributed by atoms with Crippen molar-refractivity contribution in [3.8, 4) is 0 Å². The molecule has 2 aromatic rings. The van der Waals surface area contributed by atoms with Crippen molar-refractivity contribution in [2.45, 2.75) is 20.3 Å². The van der Waals surface area contributed by atoms with E-state index in [1.54, 1.807) is 6.07 Å². The van der Waals surface area contributed by atoms with Crippen molar-refractivity contribution in [3.05, 3.63) is 35.4 Å². The second-order valence-corrected chi connectivity index (χ2v) is 6.78. The average molecular weight is 331 g/mol. The van der Waals surface area contributed by atoms with Gasteiger partial charge in [-0.1, -0.05) is 5.16 Å². The Bertz CT molecular complexity index is 738. The lowest BCUT2D eigenvalue weighted by molar-refractivity contribution is -0.0110. The molecule has 0 aliphatic carbocycles. The molecule has 0 radical (unpaired) electrons. The van der Waals surface area contributed by atoms with Gasteiger partial charge in [0.25, 0.3) is 5.91 Å². The van der Waals surface area contributed by atoms with Crippen LogP contribution in [0, 0.1) is 31.6 Å². The molecule has 2 fully saturated rings. The van der Waals surface area contributed by atoms with E-state index >= 15 is 0 Å². The van der Waals surface area contributed by atoms with E-state index in [4.69, 9.17) is 13.7 Å². The van der Waals surface area contributed by atoms with E-state index in [2.05, 4.69) is 10.1 Å². The molecule has 0 bridgehead atoms. The lowest BCUT2D eigenvalue weighted by Crippen LogP contribution is -2.36. The minimum atomic E-state index is -0.0371. The summed E-state index contributed by atoms with van der Waals surface area (Å²) in [5.41, 5.74) is 0. The molecule has 7 heteroatoms. The minimum absolute atomic E-state index is 0.0371. The van der Waals surface area contributed by atoms with E-state index in [9.17, 15) is 4.79 Å². The second-order valence-electron chi connectivity index (χ2n) is 6.78. The van der Waals surface area contributed by atoms with Gasteiger partial charge in [0.2, 0.25) is 5.89 Å². The van der Waals surface area contributed by atoms with Crippen molar-refractivity contribution in [2.24, 2.45) is 17.8 Å². The molecule has 2 aromatic heterocycles. The van der Waals surface area contributed by atoms with Crippen LogP contribution in [0.15, 0.2) is 21.1 Å². The van der Waals surface area contributed by atoms with Gasteiger partial charge in [-0.05, 0) is 37.8 Å². The summed E-state index contributed by atoms with van der Waals surface area (Å²) < 4.78 is 16.5. The van der Waals surface area contributed by atoms with Crippen molar-refractivity contribution in [1.29, 1.82) is 0 Å². The number of amides is 1. The highest BCUT2D eigenvalue weighted by Crippen LogP contribution is 2.36. The zero-order valence-electron chi connectivity index (χ0n) is 13.9. The van der Waals surface area contributed by atoms with Gasteiger partial charge in [-0.2, -0.15) is 4.98 Å². The molecular formula is C17H21N3O4. The quantitative estimate of drug-likeness (QED) is 0.854. The maximum Gasteiger partial charge on any atom is 0.289 e. The molecule has 4 heterocycles. The van der Waals surface area contributed by atoms with Gasteiger partial charge >= 0.3 is 0 Å². The summed E-state index contributed by atoms with van der Waals surface area (Å²) in [6, 6.07) is 3.56. The van der Waals surface area contributed by atoms with Crippen LogP contribution in [0.1, 0.15) is 28.0 Å². The fourth-order valence-electron chi connectivity index (χ4n) is 3.83. The Morgan fingerprint density at radius 1 is 1.29 bits per heavy atom. The molecule has 2 saturated heterocycles. The maximum absolute atomic E-state index is 12.6. The molecule has 2 aliphatic heterocycles. The molecule has 0 N–H and O–H groups in total. The van der Waals surface area contributed by atoms with Gasteiger partial charge in [-0.3, -0.25) is 4.79 Å². The number of likely N-dealkylation sites (tertiary alicyclic amines) is 1. The summed E-state index contributed by atoms with van der Waals surface area (Å²) >= 11 is 0. The van der Waals surface area contributed by atoms with Crippen LogP contribution in [-0.2, 0) is 11.2 Å². The largest absolute Gasteiger partial charge is 0.456 e. The molecular weight excluding hydrogens is 310 g/mol. The van der Waals surface area contributed by atoms with Crippen LogP contribution in [0.3, 0.4) is 0 Å². The van der Waals surface area contributed by atoms with Gasteiger partial charge in [0.15, 0.2) is 11.6 Å². The fourth-order valence-corrected chi connectivity index (χ4v) is 3.83. The Labute approximate surface area is 140 Å². The van der Waals surface area contributed by atoms with Crippen LogP contribution >= 0.6 is 0 Å². The molecule has 7 nitrogen and oxygen atoms in total. The summed E-state index contributed by atoms with van der Waals surface area (Å²) in [4.78, 5) is 18.8. The van der Waals surface area contributed by atoms with E-state index < -0.39 is 0 Å². The SMILES string of the molecule is Cc1noc(C[C@@H]2COC[C@H]3CN(C(=O)c4ccc(C)o4)C[C@@H]23)n1. The standard InChI is InChI=1S/C17H21N3O4/c1-10-3-4-15(23-10)17(21)20-6-13-9-22-8-12(14(13)7-20)5-16-18-11(2)19-24-16/h3-4,12-14H,5-9H2,1-2H3/t12-,13-,14+/m1/s1. The Morgan fingerprint density at radius 3 is 2.88 bits per heavy atom. The van der Waals surface area contributed by atoms with Crippen LogP contribution < -0.4 is 0 Å². The Morgan fingerprint density at radius 2 is 2.17 bits per heavy atom. The van der Waals surface area contributed by atoms with E-state index in [-0.39, 0.29) is 5.91 Å². The number of ether oxygens (including phenoxy) is 1. The Kier molecular flexibility index (Phi) is 3.88. The first kappa shape index (κ1) is 15.4. The highest BCUT2D eigenvalue weighted by molar-refractivity contribution is 5.91. The molecule has 1 amide bonds. The lowest BCUT2D eigenvalue weighted by Gasteiger charge is -2.31. The van der Waals surface area contributed by atoms with Crippen LogP contribution in [0.5, 0.6) is 0 Å². The second kappa shape index (κ2) is 6.05. The third-order valence-electron chi connectivity index (χ3n) is 5.01. The van der Waals surface area contributed by atoms with Gasteiger partial charge in [0.05, 0.1) is 13.2 Å². The first-order valence-corrected chi connectivity index (χ1v) is 8.33. The van der Waals surface area contributed by atoms with Gasteiger partial charge in [-0.25, -0.2) is 0 Å². The lowest BCUT2D eigenvalue weighted by atomic mass is 9.81. The molecule has 128 valence electrons. The number of carbonyl (C=O) groups is 1. The summed E-state index contributed by atoms with van der Waals surface area (Å²) in [6.45, 7) is 6.47. The van der Waals surface area contributed by atoms with Gasteiger partial charge in [0.1, 0.15) is 5.76 Å². The smallest absolute Gasteiger partial charge is 0.289 e. The van der Waals surface area contributed by atoms with Crippen LogP contribution in [0.25, 0.3) is 0 Å². The summed E-state index contributed by atoms with van der Waals surface area (Å²) in [5.74, 6) is 3.46. The molecule has 0 saturated carbocycles. The number of fused-ring (bicyclic) bond motifs is 1. The molecule has 2 aliphatic rings. The number of rotatable bonds is 3. The summed E-state index contributed by atoms with van der Waals surface area (Å²) in [5, 5.41) is 3.85. The minimum Gasteiger partial charge on any atom is -0.456 e. The molecule has 3 atom stereocenters. The first-order chi connectivity index (χ1) is 11.6. The Hall–Kier alpha value is -2.15. The predicted octanol–water partition coefficient (Wildman–Crippen LogP) is 1.86. The molecule has 4 rings (SSSR count). The third-order valence-corrected chi connectivity index (χ3v) is 5.01. The molecule has 24 heavy (non-hydrogen) atoms. The van der Waals surface area contributed by atoms with E-state index in [1.807, 2.05) is 24.8 Å². The van der Waals surface area contributed by atoms with Crippen molar-refractivity contribution in [1.82, 2.24) is 15.0 Å². The highest BCUT2D eigenvalue weighted by atomic mass is 16.5. The molecule has 0 spiro atoms. The van der Waals surface area contributed by atoms with E-state index in [1.165, 1.54) is 0 Å². The zero-order valence-corrected chi connectivity index (χ0v) is 13.9. The number of furan rings is 1. The van der Waals surface area contributed by atoms with Crippen molar-refractivity contribution in [3.63, 3.8) is 0 Å². The number of hydrogen-bond acceptors (Lipinski definition) is 6. The number of aromatic nitrogens is 2. The van der Waals surface area contributed by atoms with E-state index in [0.29, 0.717) is 61.4 Å². The van der Waals surface area contributed by atoms with Crippen LogP contribution in [0.2, 0.25) is 0 Å². The number of hydrogen-bond donors (Lipinski definition) is 0. The number of carbonyl (C=O) groups excluding carboxylic acids is 1. The normalized spacial score (nSPS) is 26.6. The monoisotopic (exact) mass is 331 g/mol. The topological polar surface area (TPSA) is 81.6 Å². The molecule has 0 aromatic carbocycles. The predicted molar refractivity (Wildman–Crippen MR) is 83.4 cm³/mol. The third kappa shape index (κ3) is 2.84. The van der Waals surface area contributed by atoms with Crippen LogP contribution in [-0.4, -0.2) is 47.3 Å². The molecule has 0 unspecified atom stereocenters. The fraction of sp³-hybridized carbons (Fsp3) is 0.588. The van der Waals surface area contributed by atoms with E-state index in [0.717, 1.165) is 12.3 Å². The van der Waals surface area contributed by atoms with Gasteiger partial charge in [0, 0.05) is 25.4 Å². The van der Waals surface area contributed by atoms with Gasteiger partial charge in [-0.15, -0.1) is 0 Å². The maximum atomic E-state index is 12.6. The number of nitrogens with zero attached hydrogens (tertiary/aromatic N) is 3.